The van der Waals surface area contributed by atoms with Gasteiger partial charge < -0.3 is 0 Å². The van der Waals surface area contributed by atoms with E-state index in [0.717, 1.165) is 24.9 Å². The Hall–Kier alpha value is 0.110. The molecule has 2 aliphatic rings. The molecule has 0 aromatic carbocycles. The monoisotopic (exact) mass is 175 g/mol. The zero-order chi connectivity index (χ0) is 8.43. The molecule has 0 N–H and O–H groups in total. The summed E-state index contributed by atoms with van der Waals surface area (Å²) in [6.07, 6.45) is 3.17. The maximum Gasteiger partial charge on any atom is 0.0910 e. The molecule has 0 radical (unpaired) electrons. The van der Waals surface area contributed by atoms with Crippen molar-refractivity contribution in [3.8, 4) is 0 Å². The van der Waals surface area contributed by atoms with Gasteiger partial charge in [0.25, 0.3) is 0 Å². The second-order valence-corrected chi connectivity index (χ2v) is 4.39. The summed E-state index contributed by atoms with van der Waals surface area (Å²) in [6.45, 7) is 6.18. The van der Waals surface area contributed by atoms with Gasteiger partial charge in [0.1, 0.15) is 0 Å². The van der Waals surface area contributed by atoms with Gasteiger partial charge in [-0.3, -0.25) is 0 Å². The molecule has 3 unspecified atom stereocenters. The third-order valence-electron chi connectivity index (χ3n) is 2.31. The second kappa shape index (κ2) is 3.68. The van der Waals surface area contributed by atoms with Crippen LogP contribution in [-0.4, -0.2) is 27.9 Å². The van der Waals surface area contributed by atoms with Crippen LogP contribution in [0.15, 0.2) is 0 Å². The van der Waals surface area contributed by atoms with E-state index in [2.05, 4.69) is 4.31 Å². The van der Waals surface area contributed by atoms with E-state index in [-0.39, 0.29) is 0 Å². The molecule has 11 heavy (non-hydrogen) atoms. The normalized spacial score (nSPS) is 37.0. The minimum atomic E-state index is -0.698. The summed E-state index contributed by atoms with van der Waals surface area (Å²) in [5.74, 6) is 1.82. The Kier molecular flexibility index (Phi) is 3.07. The van der Waals surface area contributed by atoms with E-state index >= 15 is 0 Å². The standard InChI is InChI=1S/C6H11NOS.C2H6/c1-9(8)7-3-5-2-6(5)4-7;1-2/h5-6H,2-4H2,1H3;1-2H3. The van der Waals surface area contributed by atoms with Crippen LogP contribution in [0.1, 0.15) is 20.3 Å². The average Bonchev–Trinajstić information content (AvgIpc) is 2.63. The van der Waals surface area contributed by atoms with E-state index in [1.807, 2.05) is 13.8 Å². The summed E-state index contributed by atoms with van der Waals surface area (Å²) < 4.78 is 12.9. The first-order valence-electron chi connectivity index (χ1n) is 4.36. The van der Waals surface area contributed by atoms with Crippen LogP contribution in [0, 0.1) is 11.8 Å². The molecular formula is C8H17NOS. The molecule has 3 heteroatoms. The molecule has 2 fully saturated rings. The van der Waals surface area contributed by atoms with Gasteiger partial charge in [-0.15, -0.1) is 0 Å². The Labute approximate surface area is 71.6 Å². The number of rotatable bonds is 1. The highest BCUT2D eigenvalue weighted by atomic mass is 32.2. The van der Waals surface area contributed by atoms with E-state index in [1.165, 1.54) is 6.42 Å². The number of hydrogen-bond acceptors (Lipinski definition) is 1. The highest BCUT2D eigenvalue weighted by Gasteiger charge is 2.45. The zero-order valence-electron chi connectivity index (χ0n) is 7.54. The highest BCUT2D eigenvalue weighted by Crippen LogP contribution is 2.45. The Morgan fingerprint density at radius 2 is 1.73 bits per heavy atom. The lowest BCUT2D eigenvalue weighted by Crippen LogP contribution is -2.23. The van der Waals surface area contributed by atoms with E-state index in [4.69, 9.17) is 0 Å². The summed E-state index contributed by atoms with van der Waals surface area (Å²) in [4.78, 5) is 0. The number of piperidine rings is 1. The van der Waals surface area contributed by atoms with Crippen molar-refractivity contribution < 1.29 is 4.21 Å². The van der Waals surface area contributed by atoms with Crippen molar-refractivity contribution >= 4 is 11.0 Å². The van der Waals surface area contributed by atoms with Crippen molar-refractivity contribution in [3.05, 3.63) is 0 Å². The molecule has 2 rings (SSSR count). The Bertz CT molecular complexity index is 150. The molecule has 1 saturated carbocycles. The minimum Gasteiger partial charge on any atom is -0.243 e. The lowest BCUT2D eigenvalue weighted by molar-refractivity contribution is 0.488. The third-order valence-corrected chi connectivity index (χ3v) is 3.33. The Morgan fingerprint density at radius 1 is 1.27 bits per heavy atom. The van der Waals surface area contributed by atoms with Crippen LogP contribution < -0.4 is 0 Å². The topological polar surface area (TPSA) is 20.3 Å². The van der Waals surface area contributed by atoms with Gasteiger partial charge in [0, 0.05) is 19.3 Å². The van der Waals surface area contributed by atoms with Gasteiger partial charge in [-0.1, -0.05) is 13.8 Å². The van der Waals surface area contributed by atoms with Crippen molar-refractivity contribution in [1.82, 2.24) is 4.31 Å². The van der Waals surface area contributed by atoms with Crippen LogP contribution in [-0.2, 0) is 11.0 Å². The van der Waals surface area contributed by atoms with Gasteiger partial charge in [-0.05, 0) is 18.3 Å². The fraction of sp³-hybridized carbons (Fsp3) is 1.00. The quantitative estimate of drug-likeness (QED) is 0.587. The molecular weight excluding hydrogens is 158 g/mol. The smallest absolute Gasteiger partial charge is 0.0910 e. The average molecular weight is 175 g/mol. The van der Waals surface area contributed by atoms with Crippen molar-refractivity contribution in [2.45, 2.75) is 20.3 Å². The maximum absolute atomic E-state index is 10.8. The summed E-state index contributed by atoms with van der Waals surface area (Å²) in [6, 6.07) is 0. The predicted octanol–water partition coefficient (Wildman–Crippen LogP) is 1.26. The van der Waals surface area contributed by atoms with Crippen LogP contribution in [0.25, 0.3) is 0 Å². The van der Waals surface area contributed by atoms with Gasteiger partial charge in [0.15, 0.2) is 0 Å². The minimum absolute atomic E-state index is 0.698. The lowest BCUT2D eigenvalue weighted by atomic mass is 10.4. The van der Waals surface area contributed by atoms with Crippen molar-refractivity contribution in [1.29, 1.82) is 0 Å². The van der Waals surface area contributed by atoms with E-state index < -0.39 is 11.0 Å². The molecule has 0 aromatic rings. The fourth-order valence-corrected chi connectivity index (χ4v) is 2.37. The maximum atomic E-state index is 10.8. The molecule has 1 aliphatic heterocycles. The lowest BCUT2D eigenvalue weighted by Gasteiger charge is -2.11. The molecule has 1 saturated heterocycles. The van der Waals surface area contributed by atoms with E-state index in [9.17, 15) is 4.21 Å². The summed E-state index contributed by atoms with van der Waals surface area (Å²) >= 11 is 0. The van der Waals surface area contributed by atoms with Gasteiger partial charge in [0.2, 0.25) is 0 Å². The van der Waals surface area contributed by atoms with Crippen LogP contribution in [0.3, 0.4) is 0 Å². The first-order chi connectivity index (χ1) is 5.27. The third kappa shape index (κ3) is 2.03. The highest BCUT2D eigenvalue weighted by molar-refractivity contribution is 7.81. The number of fused-ring (bicyclic) bond motifs is 1. The molecule has 2 nitrogen and oxygen atoms in total. The molecule has 0 bridgehead atoms. The van der Waals surface area contributed by atoms with Crippen molar-refractivity contribution in [2.24, 2.45) is 11.8 Å². The summed E-state index contributed by atoms with van der Waals surface area (Å²) in [5.41, 5.74) is 0. The molecule has 0 amide bonds. The van der Waals surface area contributed by atoms with Gasteiger partial charge in [-0.25, -0.2) is 8.51 Å². The summed E-state index contributed by atoms with van der Waals surface area (Å²) in [5, 5.41) is 0. The summed E-state index contributed by atoms with van der Waals surface area (Å²) in [7, 11) is -0.698. The van der Waals surface area contributed by atoms with Crippen LogP contribution >= 0.6 is 0 Å². The zero-order valence-corrected chi connectivity index (χ0v) is 8.36. The molecule has 0 spiro atoms. The molecule has 0 aromatic heterocycles. The van der Waals surface area contributed by atoms with Gasteiger partial charge in [0.05, 0.1) is 11.0 Å². The van der Waals surface area contributed by atoms with E-state index in [1.54, 1.807) is 6.26 Å². The molecule has 66 valence electrons. The van der Waals surface area contributed by atoms with Crippen LogP contribution in [0.5, 0.6) is 0 Å². The van der Waals surface area contributed by atoms with Gasteiger partial charge in [-0.2, -0.15) is 0 Å². The van der Waals surface area contributed by atoms with Gasteiger partial charge >= 0.3 is 0 Å². The predicted molar refractivity (Wildman–Crippen MR) is 48.6 cm³/mol. The van der Waals surface area contributed by atoms with Crippen molar-refractivity contribution in [3.63, 3.8) is 0 Å². The SMILES string of the molecule is CC.CS(=O)N1CC2CC2C1. The van der Waals surface area contributed by atoms with Crippen LogP contribution in [0.2, 0.25) is 0 Å². The molecule has 1 aliphatic carbocycles. The first kappa shape index (κ1) is 9.20. The fourth-order valence-electron chi connectivity index (χ4n) is 1.57. The van der Waals surface area contributed by atoms with Crippen molar-refractivity contribution in [2.75, 3.05) is 19.3 Å². The number of hydrogen-bond donors (Lipinski definition) is 0. The molecule has 3 atom stereocenters. The Balaban J connectivity index is 0.000000281. The Morgan fingerprint density at radius 3 is 2.00 bits per heavy atom. The molecule has 1 heterocycles. The van der Waals surface area contributed by atoms with E-state index in [0.29, 0.717) is 0 Å². The van der Waals surface area contributed by atoms with Crippen LogP contribution in [0.4, 0.5) is 0 Å². The first-order valence-corrected chi connectivity index (χ1v) is 5.87. The largest absolute Gasteiger partial charge is 0.243 e. The number of nitrogens with zero attached hydrogens (tertiary/aromatic N) is 1. The second-order valence-electron chi connectivity index (χ2n) is 3.03.